The summed E-state index contributed by atoms with van der Waals surface area (Å²) in [6.07, 6.45) is 1.88. The minimum atomic E-state index is 0.648. The van der Waals surface area contributed by atoms with E-state index in [2.05, 4.69) is 177 Å². The van der Waals surface area contributed by atoms with Gasteiger partial charge in [0.25, 0.3) is 0 Å². The molecule has 11 rings (SSSR count). The number of fused-ring (bicyclic) bond motifs is 9. The molecule has 0 aliphatic heterocycles. The van der Waals surface area contributed by atoms with E-state index in [1.54, 1.807) is 0 Å². The van der Waals surface area contributed by atoms with Crippen LogP contribution in [-0.2, 0) is 0 Å². The molecule has 0 fully saturated rings. The van der Waals surface area contributed by atoms with Crippen LogP contribution in [0.15, 0.2) is 176 Å². The Morgan fingerprint density at radius 2 is 0.804 bits per heavy atom. The number of nitrogens with zero attached hydrogens (tertiary/aromatic N) is 5. The van der Waals surface area contributed by atoms with Crippen LogP contribution in [0.2, 0.25) is 0 Å². The Kier molecular flexibility index (Phi) is 5.89. The summed E-state index contributed by atoms with van der Waals surface area (Å²) < 4.78 is 6.91. The Bertz CT molecular complexity index is 3090. The molecule has 0 unspecified atom stereocenters. The molecule has 5 nitrogen and oxygen atoms in total. The Morgan fingerprint density at radius 3 is 1.45 bits per heavy atom. The number of benzene rings is 7. The molecular weight excluding hydrogens is 623 g/mol. The minimum Gasteiger partial charge on any atom is -0.309 e. The fourth-order valence-corrected chi connectivity index (χ4v) is 8.12. The van der Waals surface area contributed by atoms with E-state index in [-0.39, 0.29) is 0 Å². The van der Waals surface area contributed by atoms with Crippen molar-refractivity contribution in [3.63, 3.8) is 0 Å². The van der Waals surface area contributed by atoms with Crippen molar-refractivity contribution in [1.29, 1.82) is 0 Å². The van der Waals surface area contributed by atoms with Crippen molar-refractivity contribution in [2.24, 2.45) is 0 Å². The van der Waals surface area contributed by atoms with Gasteiger partial charge in [0.1, 0.15) is 0 Å². The number of para-hydroxylation sites is 5. The zero-order valence-corrected chi connectivity index (χ0v) is 27.5. The Balaban J connectivity index is 1.09. The first-order chi connectivity index (χ1) is 25.3. The van der Waals surface area contributed by atoms with E-state index >= 15 is 0 Å². The molecule has 0 N–H and O–H groups in total. The van der Waals surface area contributed by atoms with Gasteiger partial charge in [0.15, 0.2) is 0 Å². The zero-order valence-electron chi connectivity index (χ0n) is 27.5. The molecule has 11 aromatic rings. The highest BCUT2D eigenvalue weighted by Gasteiger charge is 2.18. The lowest BCUT2D eigenvalue weighted by Crippen LogP contribution is -2.02. The van der Waals surface area contributed by atoms with Crippen LogP contribution in [0, 0.1) is 0 Å². The summed E-state index contributed by atoms with van der Waals surface area (Å²) in [5.41, 5.74) is 11.1. The highest BCUT2D eigenvalue weighted by molar-refractivity contribution is 6.13. The second-order valence-corrected chi connectivity index (χ2v) is 13.1. The van der Waals surface area contributed by atoms with Crippen LogP contribution in [0.25, 0.3) is 94.0 Å². The van der Waals surface area contributed by atoms with E-state index in [1.165, 1.54) is 49.0 Å². The molecule has 0 aliphatic rings. The first kappa shape index (κ1) is 27.9. The first-order valence-corrected chi connectivity index (χ1v) is 17.3. The van der Waals surface area contributed by atoms with Gasteiger partial charge in [0.2, 0.25) is 5.95 Å². The first-order valence-electron chi connectivity index (χ1n) is 17.3. The van der Waals surface area contributed by atoms with Crippen molar-refractivity contribution in [1.82, 2.24) is 23.7 Å². The molecule has 0 atom stereocenters. The van der Waals surface area contributed by atoms with Crippen LogP contribution in [0.1, 0.15) is 0 Å². The van der Waals surface area contributed by atoms with Crippen LogP contribution >= 0.6 is 0 Å². The van der Waals surface area contributed by atoms with E-state index in [0.717, 1.165) is 39.1 Å². The third kappa shape index (κ3) is 4.09. The Morgan fingerprint density at radius 1 is 0.333 bits per heavy atom. The lowest BCUT2D eigenvalue weighted by atomic mass is 10.1. The highest BCUT2D eigenvalue weighted by atomic mass is 15.2. The molecule has 0 saturated carbocycles. The standard InChI is InChI=1S/C46H29N5/c1-2-12-31(13-3-1)49-42-20-10-6-16-35(42)37-28-30(22-24-44(37)49)39-26-27-47-46(48-39)51-43-21-11-7-17-36(43)38-29-32(23-25-45(38)51)50-40-18-8-4-14-33(40)34-15-5-9-19-41(34)50/h1-29H. The molecule has 4 heterocycles. The van der Waals surface area contributed by atoms with Crippen molar-refractivity contribution in [2.75, 3.05) is 0 Å². The van der Waals surface area contributed by atoms with Gasteiger partial charge < -0.3 is 9.13 Å². The van der Waals surface area contributed by atoms with Gasteiger partial charge >= 0.3 is 0 Å². The average Bonchev–Trinajstić information content (AvgIpc) is 3.83. The lowest BCUT2D eigenvalue weighted by Gasteiger charge is -2.10. The van der Waals surface area contributed by atoms with Crippen LogP contribution in [0.4, 0.5) is 0 Å². The third-order valence-electron chi connectivity index (χ3n) is 10.3. The van der Waals surface area contributed by atoms with Gasteiger partial charge in [-0.05, 0) is 72.8 Å². The van der Waals surface area contributed by atoms with Crippen molar-refractivity contribution in [3.05, 3.63) is 176 Å². The van der Waals surface area contributed by atoms with Crippen molar-refractivity contribution in [2.45, 2.75) is 0 Å². The lowest BCUT2D eigenvalue weighted by molar-refractivity contribution is 0.992. The monoisotopic (exact) mass is 651 g/mol. The molecule has 4 aromatic heterocycles. The topological polar surface area (TPSA) is 40.6 Å². The number of aromatic nitrogens is 5. The number of rotatable bonds is 4. The van der Waals surface area contributed by atoms with Gasteiger partial charge in [0, 0.05) is 55.5 Å². The normalized spacial score (nSPS) is 11.9. The van der Waals surface area contributed by atoms with Gasteiger partial charge in [-0.3, -0.25) is 4.57 Å². The minimum absolute atomic E-state index is 0.648. The van der Waals surface area contributed by atoms with E-state index < -0.39 is 0 Å². The summed E-state index contributed by atoms with van der Waals surface area (Å²) in [5, 5.41) is 7.25. The Labute approximate surface area is 292 Å². The van der Waals surface area contributed by atoms with E-state index in [4.69, 9.17) is 9.97 Å². The van der Waals surface area contributed by atoms with Crippen LogP contribution < -0.4 is 0 Å². The van der Waals surface area contributed by atoms with Crippen molar-refractivity contribution >= 4 is 65.4 Å². The highest BCUT2D eigenvalue weighted by Crippen LogP contribution is 2.38. The van der Waals surface area contributed by atoms with Crippen molar-refractivity contribution in [3.8, 4) is 28.6 Å². The summed E-state index contributed by atoms with van der Waals surface area (Å²) >= 11 is 0. The predicted octanol–water partition coefficient (Wildman–Crippen LogP) is 11.4. The fourth-order valence-electron chi connectivity index (χ4n) is 8.12. The summed E-state index contributed by atoms with van der Waals surface area (Å²) in [4.78, 5) is 10.1. The maximum Gasteiger partial charge on any atom is 0.235 e. The SMILES string of the molecule is c1ccc(-n2c3ccccc3c3cc(-c4ccnc(-n5c6ccccc6c6cc(-n7c8ccccc8c8ccccc87)ccc65)n4)ccc32)cc1. The maximum absolute atomic E-state index is 5.23. The molecule has 0 spiro atoms. The average molecular weight is 652 g/mol. The van der Waals surface area contributed by atoms with Gasteiger partial charge in [-0.2, -0.15) is 0 Å². The van der Waals surface area contributed by atoms with Gasteiger partial charge in [-0.25, -0.2) is 9.97 Å². The van der Waals surface area contributed by atoms with E-state index in [1.807, 2.05) is 12.3 Å². The summed E-state index contributed by atoms with van der Waals surface area (Å²) in [6, 6.07) is 60.5. The number of hydrogen-bond donors (Lipinski definition) is 0. The molecule has 0 aliphatic carbocycles. The molecule has 238 valence electrons. The smallest absolute Gasteiger partial charge is 0.235 e. The summed E-state index contributed by atoms with van der Waals surface area (Å²) in [6.45, 7) is 0. The summed E-state index contributed by atoms with van der Waals surface area (Å²) in [7, 11) is 0. The Hall–Kier alpha value is -6.98. The molecule has 0 amide bonds. The molecule has 0 saturated heterocycles. The second-order valence-electron chi connectivity index (χ2n) is 13.1. The van der Waals surface area contributed by atoms with Crippen LogP contribution in [-0.4, -0.2) is 23.7 Å². The quantitative estimate of drug-likeness (QED) is 0.190. The molecule has 0 bridgehead atoms. The van der Waals surface area contributed by atoms with Crippen LogP contribution in [0.3, 0.4) is 0 Å². The molecule has 51 heavy (non-hydrogen) atoms. The van der Waals surface area contributed by atoms with Gasteiger partial charge in [-0.1, -0.05) is 97.1 Å². The fraction of sp³-hybridized carbons (Fsp3) is 0. The maximum atomic E-state index is 5.23. The van der Waals surface area contributed by atoms with E-state index in [0.29, 0.717) is 5.95 Å². The molecule has 0 radical (unpaired) electrons. The molecular formula is C46H29N5. The molecule has 5 heteroatoms. The van der Waals surface area contributed by atoms with Crippen LogP contribution in [0.5, 0.6) is 0 Å². The van der Waals surface area contributed by atoms with Crippen molar-refractivity contribution < 1.29 is 0 Å². The van der Waals surface area contributed by atoms with Gasteiger partial charge in [0.05, 0.1) is 38.8 Å². The van der Waals surface area contributed by atoms with E-state index in [9.17, 15) is 0 Å². The molecule has 7 aromatic carbocycles. The van der Waals surface area contributed by atoms with Gasteiger partial charge in [-0.15, -0.1) is 0 Å². The second kappa shape index (κ2) is 10.8. The summed E-state index contributed by atoms with van der Waals surface area (Å²) in [5.74, 6) is 0.648. The largest absolute Gasteiger partial charge is 0.309 e. The zero-order chi connectivity index (χ0) is 33.5. The third-order valence-corrected chi connectivity index (χ3v) is 10.3. The predicted molar refractivity (Wildman–Crippen MR) is 210 cm³/mol. The number of hydrogen-bond acceptors (Lipinski definition) is 2.